The molecule has 6 heteroatoms. The molecule has 0 aliphatic carbocycles. The number of aliphatic hydroxyl groups is 1. The predicted octanol–water partition coefficient (Wildman–Crippen LogP) is 1.82. The Hall–Kier alpha value is -1.76. The first-order chi connectivity index (χ1) is 11.3. The van der Waals surface area contributed by atoms with Crippen molar-refractivity contribution in [3.8, 4) is 10.6 Å². The molecular weight excluding hydrogens is 312 g/mol. The Morgan fingerprint density at radius 1 is 1.39 bits per heavy atom. The van der Waals surface area contributed by atoms with Gasteiger partial charge in [0.05, 0.1) is 25.3 Å². The number of aliphatic hydroxyl groups excluding tert-OH is 1. The van der Waals surface area contributed by atoms with Crippen LogP contribution in [0.15, 0.2) is 35.7 Å². The number of aromatic nitrogens is 1. The van der Waals surface area contributed by atoms with Crippen molar-refractivity contribution in [1.29, 1.82) is 0 Å². The van der Waals surface area contributed by atoms with Gasteiger partial charge in [-0.2, -0.15) is 0 Å². The summed E-state index contributed by atoms with van der Waals surface area (Å²) < 4.78 is 5.42. The number of nitrogens with zero attached hydrogens (tertiary/aromatic N) is 2. The van der Waals surface area contributed by atoms with Crippen molar-refractivity contribution < 1.29 is 14.6 Å². The molecule has 1 saturated heterocycles. The van der Waals surface area contributed by atoms with Crippen LogP contribution in [0.4, 0.5) is 0 Å². The number of carbonyl (C=O) groups excluding carboxylic acids is 1. The molecule has 1 atom stereocenters. The first kappa shape index (κ1) is 16.1. The van der Waals surface area contributed by atoms with Gasteiger partial charge in [-0.3, -0.25) is 4.79 Å². The van der Waals surface area contributed by atoms with Gasteiger partial charge in [-0.1, -0.05) is 30.3 Å². The van der Waals surface area contributed by atoms with E-state index in [1.807, 2.05) is 35.7 Å². The summed E-state index contributed by atoms with van der Waals surface area (Å²) in [6, 6.07) is 9.97. The van der Waals surface area contributed by atoms with Crippen molar-refractivity contribution in [2.75, 3.05) is 32.9 Å². The van der Waals surface area contributed by atoms with Crippen LogP contribution in [0.3, 0.4) is 0 Å². The van der Waals surface area contributed by atoms with Gasteiger partial charge in [-0.05, 0) is 0 Å². The van der Waals surface area contributed by atoms with Gasteiger partial charge in [0, 0.05) is 36.6 Å². The van der Waals surface area contributed by atoms with Gasteiger partial charge in [-0.15, -0.1) is 11.3 Å². The number of hydrogen-bond acceptors (Lipinski definition) is 5. The Morgan fingerprint density at radius 3 is 3.00 bits per heavy atom. The van der Waals surface area contributed by atoms with E-state index >= 15 is 0 Å². The minimum absolute atomic E-state index is 0.00300. The van der Waals surface area contributed by atoms with Gasteiger partial charge in [0.1, 0.15) is 5.01 Å². The van der Waals surface area contributed by atoms with Crippen molar-refractivity contribution in [3.05, 3.63) is 41.4 Å². The molecule has 3 rings (SSSR count). The van der Waals surface area contributed by atoms with Crippen LogP contribution in [0, 0.1) is 5.92 Å². The second-order valence-corrected chi connectivity index (χ2v) is 6.51. The van der Waals surface area contributed by atoms with Crippen molar-refractivity contribution >= 4 is 17.2 Å². The second-order valence-electron chi connectivity index (χ2n) is 5.65. The zero-order valence-corrected chi connectivity index (χ0v) is 13.7. The molecule has 5 nitrogen and oxygen atoms in total. The average molecular weight is 332 g/mol. The molecule has 0 unspecified atom stereocenters. The Bertz CT molecular complexity index is 644. The fourth-order valence-electron chi connectivity index (χ4n) is 2.59. The fraction of sp³-hybridized carbons (Fsp3) is 0.412. The SMILES string of the molecule is O=C(Cc1csc(-c2ccccc2)n1)N1CCOC[C@H](CO)C1. The highest BCUT2D eigenvalue weighted by Crippen LogP contribution is 2.23. The lowest BCUT2D eigenvalue weighted by Gasteiger charge is -2.22. The number of thiazole rings is 1. The summed E-state index contributed by atoms with van der Waals surface area (Å²) in [5.74, 6) is 0.0376. The minimum atomic E-state index is -0.00300. The largest absolute Gasteiger partial charge is 0.396 e. The van der Waals surface area contributed by atoms with E-state index < -0.39 is 0 Å². The summed E-state index contributed by atoms with van der Waals surface area (Å²) in [6.07, 6.45) is 0.293. The predicted molar refractivity (Wildman–Crippen MR) is 89.2 cm³/mol. The number of benzene rings is 1. The fourth-order valence-corrected chi connectivity index (χ4v) is 3.41. The molecular formula is C17H20N2O3S. The van der Waals surface area contributed by atoms with Gasteiger partial charge < -0.3 is 14.7 Å². The third kappa shape index (κ3) is 4.16. The van der Waals surface area contributed by atoms with E-state index in [-0.39, 0.29) is 18.4 Å². The van der Waals surface area contributed by atoms with Crippen LogP contribution in [0.5, 0.6) is 0 Å². The van der Waals surface area contributed by atoms with E-state index in [1.54, 1.807) is 16.2 Å². The molecule has 1 aliphatic rings. The molecule has 2 heterocycles. The number of carbonyl (C=O) groups is 1. The summed E-state index contributed by atoms with van der Waals surface area (Å²) in [5, 5.41) is 12.2. The first-order valence-corrected chi connectivity index (χ1v) is 8.60. The Kier molecular flexibility index (Phi) is 5.38. The molecule has 0 saturated carbocycles. The third-order valence-corrected chi connectivity index (χ3v) is 4.79. The lowest BCUT2D eigenvalue weighted by molar-refractivity contribution is -0.131. The second kappa shape index (κ2) is 7.68. The molecule has 1 aliphatic heterocycles. The molecule has 0 spiro atoms. The van der Waals surface area contributed by atoms with E-state index in [1.165, 1.54) is 0 Å². The Morgan fingerprint density at radius 2 is 2.22 bits per heavy atom. The van der Waals surface area contributed by atoms with E-state index in [9.17, 15) is 9.90 Å². The van der Waals surface area contributed by atoms with Crippen molar-refractivity contribution in [2.24, 2.45) is 5.92 Å². The van der Waals surface area contributed by atoms with Gasteiger partial charge in [-0.25, -0.2) is 4.98 Å². The van der Waals surface area contributed by atoms with Crippen LogP contribution < -0.4 is 0 Å². The number of rotatable bonds is 4. The van der Waals surface area contributed by atoms with Gasteiger partial charge in [0.2, 0.25) is 5.91 Å². The quantitative estimate of drug-likeness (QED) is 0.928. The van der Waals surface area contributed by atoms with Crippen molar-refractivity contribution in [1.82, 2.24) is 9.88 Å². The molecule has 1 N–H and O–H groups in total. The van der Waals surface area contributed by atoms with E-state index in [2.05, 4.69) is 4.98 Å². The monoisotopic (exact) mass is 332 g/mol. The molecule has 1 aromatic carbocycles. The maximum Gasteiger partial charge on any atom is 0.228 e. The number of amides is 1. The van der Waals surface area contributed by atoms with Crippen LogP contribution in [0.25, 0.3) is 10.6 Å². The smallest absolute Gasteiger partial charge is 0.228 e. The average Bonchev–Trinajstić information content (AvgIpc) is 2.91. The van der Waals surface area contributed by atoms with Crippen molar-refractivity contribution in [2.45, 2.75) is 6.42 Å². The van der Waals surface area contributed by atoms with Gasteiger partial charge in [0.15, 0.2) is 0 Å². The molecule has 2 aromatic rings. The zero-order chi connectivity index (χ0) is 16.1. The van der Waals surface area contributed by atoms with E-state index in [0.29, 0.717) is 32.7 Å². The molecule has 0 bridgehead atoms. The van der Waals surface area contributed by atoms with Crippen molar-refractivity contribution in [3.63, 3.8) is 0 Å². The molecule has 23 heavy (non-hydrogen) atoms. The van der Waals surface area contributed by atoms with Crippen LogP contribution in [-0.2, 0) is 16.0 Å². The lowest BCUT2D eigenvalue weighted by atomic mass is 10.1. The first-order valence-electron chi connectivity index (χ1n) is 7.72. The third-order valence-electron chi connectivity index (χ3n) is 3.85. The van der Waals surface area contributed by atoms with Crippen LogP contribution in [0.2, 0.25) is 0 Å². The number of hydrogen-bond donors (Lipinski definition) is 1. The molecule has 1 aromatic heterocycles. The maximum atomic E-state index is 12.5. The normalized spacial score (nSPS) is 18.7. The molecule has 1 fully saturated rings. The van der Waals surface area contributed by atoms with Gasteiger partial charge >= 0.3 is 0 Å². The molecule has 0 radical (unpaired) electrons. The standard InChI is InChI=1S/C17H20N2O3S/c20-10-13-9-19(6-7-22-11-13)16(21)8-15-12-23-17(18-15)14-4-2-1-3-5-14/h1-5,12-13,20H,6-11H2/t13-/m0/s1. The summed E-state index contributed by atoms with van der Waals surface area (Å²) >= 11 is 1.55. The lowest BCUT2D eigenvalue weighted by Crippen LogP contribution is -2.37. The van der Waals surface area contributed by atoms with Crippen LogP contribution >= 0.6 is 11.3 Å². The summed E-state index contributed by atoms with van der Waals surface area (Å²) in [5.41, 5.74) is 1.87. The molecule has 122 valence electrons. The summed E-state index contributed by atoms with van der Waals surface area (Å²) in [4.78, 5) is 18.8. The van der Waals surface area contributed by atoms with Gasteiger partial charge in [0.25, 0.3) is 0 Å². The topological polar surface area (TPSA) is 62.7 Å². The number of ether oxygens (including phenoxy) is 1. The highest BCUT2D eigenvalue weighted by Gasteiger charge is 2.22. The van der Waals surface area contributed by atoms with Crippen LogP contribution in [-0.4, -0.2) is 53.8 Å². The minimum Gasteiger partial charge on any atom is -0.396 e. The Balaban J connectivity index is 1.65. The van der Waals surface area contributed by atoms with Crippen LogP contribution in [0.1, 0.15) is 5.69 Å². The highest BCUT2D eigenvalue weighted by atomic mass is 32.1. The zero-order valence-electron chi connectivity index (χ0n) is 12.9. The van der Waals surface area contributed by atoms with E-state index in [4.69, 9.17) is 4.74 Å². The van der Waals surface area contributed by atoms with E-state index in [0.717, 1.165) is 16.3 Å². The Labute approximate surface area is 139 Å². The summed E-state index contributed by atoms with van der Waals surface area (Å²) in [6.45, 7) is 2.19. The highest BCUT2D eigenvalue weighted by molar-refractivity contribution is 7.13. The molecule has 1 amide bonds. The maximum absolute atomic E-state index is 12.5. The summed E-state index contributed by atoms with van der Waals surface area (Å²) in [7, 11) is 0.